The van der Waals surface area contributed by atoms with Gasteiger partial charge in [0.05, 0.1) is 12.6 Å². The van der Waals surface area contributed by atoms with Gasteiger partial charge >= 0.3 is 0 Å². The first-order valence-corrected chi connectivity index (χ1v) is 5.26. The van der Waals surface area contributed by atoms with Gasteiger partial charge in [-0.15, -0.1) is 0 Å². The van der Waals surface area contributed by atoms with Gasteiger partial charge in [-0.2, -0.15) is 0 Å². The molecule has 0 saturated carbocycles. The fourth-order valence-electron chi connectivity index (χ4n) is 1.95. The van der Waals surface area contributed by atoms with Crippen LogP contribution < -0.4 is 10.6 Å². The topological polar surface area (TPSA) is 51.4 Å². The van der Waals surface area contributed by atoms with Crippen molar-refractivity contribution in [2.45, 2.75) is 19.0 Å². The number of rotatable bonds is 3. The lowest BCUT2D eigenvalue weighted by Gasteiger charge is -2.27. The highest BCUT2D eigenvalue weighted by Gasteiger charge is 2.21. The Balaban J connectivity index is 2.19. The maximum Gasteiger partial charge on any atom is 0.0670 e. The Kier molecular flexibility index (Phi) is 3.18. The second kappa shape index (κ2) is 4.59. The number of nitrogens with two attached hydrogens (primary N) is 1. The van der Waals surface area contributed by atoms with Gasteiger partial charge in [-0.3, -0.25) is 4.98 Å². The second-order valence-electron chi connectivity index (χ2n) is 3.84. The Morgan fingerprint density at radius 1 is 1.67 bits per heavy atom. The van der Waals surface area contributed by atoms with Crippen LogP contribution in [0.15, 0.2) is 18.5 Å². The quantitative estimate of drug-likeness (QED) is 0.795. The molecule has 0 radical (unpaired) electrons. The molecule has 1 aromatic rings. The Hall–Kier alpha value is -1.13. The van der Waals surface area contributed by atoms with E-state index in [1.807, 2.05) is 12.3 Å². The molecule has 4 heteroatoms. The predicted octanol–water partition coefficient (Wildman–Crippen LogP) is 0.765. The third-order valence-electron chi connectivity index (χ3n) is 2.93. The molecule has 15 heavy (non-hydrogen) atoms. The molecular formula is C11H17N3O. The molecule has 0 aromatic carbocycles. The number of ether oxygens (including phenoxy) is 1. The molecule has 0 bridgehead atoms. The molecule has 1 unspecified atom stereocenters. The van der Waals surface area contributed by atoms with E-state index in [1.54, 1.807) is 6.20 Å². The number of pyridine rings is 1. The molecule has 0 amide bonds. The van der Waals surface area contributed by atoms with Crippen molar-refractivity contribution in [3.63, 3.8) is 0 Å². The molecule has 1 atom stereocenters. The zero-order valence-corrected chi connectivity index (χ0v) is 9.02. The van der Waals surface area contributed by atoms with Crippen molar-refractivity contribution in [3.8, 4) is 0 Å². The maximum atomic E-state index is 5.69. The third-order valence-corrected chi connectivity index (χ3v) is 2.93. The molecule has 2 rings (SSSR count). The Morgan fingerprint density at radius 2 is 2.53 bits per heavy atom. The van der Waals surface area contributed by atoms with Gasteiger partial charge in [0.2, 0.25) is 0 Å². The number of hydrogen-bond acceptors (Lipinski definition) is 4. The highest BCUT2D eigenvalue weighted by Crippen LogP contribution is 2.22. The van der Waals surface area contributed by atoms with Crippen molar-refractivity contribution in [2.75, 3.05) is 25.2 Å². The molecule has 0 spiro atoms. The van der Waals surface area contributed by atoms with E-state index in [0.717, 1.165) is 25.2 Å². The predicted molar refractivity (Wildman–Crippen MR) is 59.8 cm³/mol. The van der Waals surface area contributed by atoms with E-state index in [1.165, 1.54) is 5.69 Å². The number of likely N-dealkylation sites (N-methyl/N-ethyl adjacent to an activating group) is 1. The summed E-state index contributed by atoms with van der Waals surface area (Å²) in [6.45, 7) is 2.20. The molecule has 82 valence electrons. The van der Waals surface area contributed by atoms with Gasteiger partial charge in [0.1, 0.15) is 0 Å². The average Bonchev–Trinajstić information content (AvgIpc) is 2.81. The normalized spacial score (nSPS) is 20.5. The largest absolute Gasteiger partial charge is 0.379 e. The van der Waals surface area contributed by atoms with Crippen molar-refractivity contribution in [1.82, 2.24) is 4.98 Å². The number of nitrogens with zero attached hydrogens (tertiary/aromatic N) is 2. The summed E-state index contributed by atoms with van der Waals surface area (Å²) in [5, 5.41) is 0. The molecule has 4 nitrogen and oxygen atoms in total. The fourth-order valence-corrected chi connectivity index (χ4v) is 1.95. The Bertz CT molecular complexity index is 323. The highest BCUT2D eigenvalue weighted by atomic mass is 16.5. The summed E-state index contributed by atoms with van der Waals surface area (Å²) in [5.41, 5.74) is 7.95. The molecule has 1 aliphatic rings. The first-order valence-electron chi connectivity index (χ1n) is 5.26. The zero-order chi connectivity index (χ0) is 10.7. The van der Waals surface area contributed by atoms with E-state index in [-0.39, 0.29) is 0 Å². The molecule has 2 N–H and O–H groups in total. The van der Waals surface area contributed by atoms with Crippen LogP contribution in [-0.2, 0) is 11.3 Å². The van der Waals surface area contributed by atoms with Crippen LogP contribution in [0.25, 0.3) is 0 Å². The van der Waals surface area contributed by atoms with Crippen LogP contribution >= 0.6 is 0 Å². The van der Waals surface area contributed by atoms with E-state index in [2.05, 4.69) is 16.9 Å². The summed E-state index contributed by atoms with van der Waals surface area (Å²) in [6, 6.07) is 2.48. The van der Waals surface area contributed by atoms with Crippen molar-refractivity contribution in [3.05, 3.63) is 24.0 Å². The summed E-state index contributed by atoms with van der Waals surface area (Å²) in [4.78, 5) is 6.33. The SMILES string of the molecule is CN(c1ccncc1CN)C1CCOC1. The third kappa shape index (κ3) is 2.11. The molecule has 1 fully saturated rings. The van der Waals surface area contributed by atoms with Crippen molar-refractivity contribution >= 4 is 5.69 Å². The van der Waals surface area contributed by atoms with Crippen LogP contribution in [0.4, 0.5) is 5.69 Å². The van der Waals surface area contributed by atoms with Crippen molar-refractivity contribution < 1.29 is 4.74 Å². The molecule has 2 heterocycles. The average molecular weight is 207 g/mol. The minimum Gasteiger partial charge on any atom is -0.379 e. The highest BCUT2D eigenvalue weighted by molar-refractivity contribution is 5.52. The van der Waals surface area contributed by atoms with Gasteiger partial charge in [0.15, 0.2) is 0 Å². The smallest absolute Gasteiger partial charge is 0.0670 e. The number of hydrogen-bond donors (Lipinski definition) is 1. The molecule has 0 aliphatic carbocycles. The first kappa shape index (κ1) is 10.4. The van der Waals surface area contributed by atoms with Crippen LogP contribution in [0.1, 0.15) is 12.0 Å². The lowest BCUT2D eigenvalue weighted by atomic mass is 10.1. The van der Waals surface area contributed by atoms with Gasteiger partial charge in [0, 0.05) is 43.8 Å². The minimum atomic E-state index is 0.470. The van der Waals surface area contributed by atoms with Crippen LogP contribution in [0.3, 0.4) is 0 Å². The van der Waals surface area contributed by atoms with E-state index in [9.17, 15) is 0 Å². The van der Waals surface area contributed by atoms with Gasteiger partial charge in [-0.1, -0.05) is 0 Å². The standard InChI is InChI=1S/C11H17N3O/c1-14(10-3-5-15-8-10)11-2-4-13-7-9(11)6-12/h2,4,7,10H,3,5-6,8,12H2,1H3. The van der Waals surface area contributed by atoms with Crippen LogP contribution in [0.5, 0.6) is 0 Å². The molecular weight excluding hydrogens is 190 g/mol. The monoisotopic (exact) mass is 207 g/mol. The van der Waals surface area contributed by atoms with Crippen molar-refractivity contribution in [1.29, 1.82) is 0 Å². The summed E-state index contributed by atoms with van der Waals surface area (Å²) >= 11 is 0. The fraction of sp³-hybridized carbons (Fsp3) is 0.545. The maximum absolute atomic E-state index is 5.69. The Labute approximate surface area is 90.0 Å². The van der Waals surface area contributed by atoms with Gasteiger partial charge < -0.3 is 15.4 Å². The first-order chi connectivity index (χ1) is 7.33. The van der Waals surface area contributed by atoms with E-state index in [4.69, 9.17) is 10.5 Å². The lowest BCUT2D eigenvalue weighted by molar-refractivity contribution is 0.193. The Morgan fingerprint density at radius 3 is 3.20 bits per heavy atom. The zero-order valence-electron chi connectivity index (χ0n) is 9.02. The van der Waals surface area contributed by atoms with Crippen molar-refractivity contribution in [2.24, 2.45) is 5.73 Å². The molecule has 1 aliphatic heterocycles. The summed E-state index contributed by atoms with van der Waals surface area (Å²) in [6.07, 6.45) is 4.73. The van der Waals surface area contributed by atoms with Crippen LogP contribution in [0, 0.1) is 0 Å². The number of anilines is 1. The van der Waals surface area contributed by atoms with Crippen LogP contribution in [0.2, 0.25) is 0 Å². The molecule has 1 saturated heterocycles. The van der Waals surface area contributed by atoms with Gasteiger partial charge in [-0.25, -0.2) is 0 Å². The van der Waals surface area contributed by atoms with E-state index >= 15 is 0 Å². The summed E-state index contributed by atoms with van der Waals surface area (Å²) in [7, 11) is 2.09. The van der Waals surface area contributed by atoms with E-state index in [0.29, 0.717) is 12.6 Å². The van der Waals surface area contributed by atoms with Gasteiger partial charge in [-0.05, 0) is 12.5 Å². The van der Waals surface area contributed by atoms with E-state index < -0.39 is 0 Å². The molecule has 1 aromatic heterocycles. The van der Waals surface area contributed by atoms with Gasteiger partial charge in [0.25, 0.3) is 0 Å². The minimum absolute atomic E-state index is 0.470. The summed E-state index contributed by atoms with van der Waals surface area (Å²) < 4.78 is 5.38. The van der Waals surface area contributed by atoms with Crippen LogP contribution in [-0.4, -0.2) is 31.3 Å². The lowest BCUT2D eigenvalue weighted by Crippen LogP contribution is -2.32. The number of aromatic nitrogens is 1. The second-order valence-corrected chi connectivity index (χ2v) is 3.84. The summed E-state index contributed by atoms with van der Waals surface area (Å²) in [5.74, 6) is 0.